The molecule has 1 N–H and O–H groups in total. The lowest BCUT2D eigenvalue weighted by atomic mass is 10.3. The monoisotopic (exact) mass is 358 g/mol. The van der Waals surface area contributed by atoms with E-state index in [0.717, 1.165) is 38.0 Å². The molecule has 0 atom stereocenters. The summed E-state index contributed by atoms with van der Waals surface area (Å²) in [7, 11) is 2.12. The summed E-state index contributed by atoms with van der Waals surface area (Å²) in [5.41, 5.74) is 0.715. The minimum absolute atomic E-state index is 0.0623. The second-order valence-electron chi connectivity index (χ2n) is 5.61. The maximum atomic E-state index is 12.1. The van der Waals surface area contributed by atoms with Crippen LogP contribution >= 0.6 is 15.9 Å². The third-order valence-electron chi connectivity index (χ3n) is 3.59. The Bertz CT molecular complexity index is 487. The van der Waals surface area contributed by atoms with E-state index < -0.39 is 0 Å². The van der Waals surface area contributed by atoms with E-state index in [4.69, 9.17) is 0 Å². The molecule has 0 amide bonds. The van der Waals surface area contributed by atoms with Gasteiger partial charge in [0.25, 0.3) is 5.56 Å². The molecule has 0 aliphatic rings. The first-order valence-electron chi connectivity index (χ1n) is 7.67. The molecule has 0 radical (unpaired) electrons. The summed E-state index contributed by atoms with van der Waals surface area (Å²) >= 11 is 3.38. The zero-order chi connectivity index (χ0) is 15.8. The highest BCUT2D eigenvalue weighted by atomic mass is 79.9. The van der Waals surface area contributed by atoms with Crippen molar-refractivity contribution < 1.29 is 0 Å². The van der Waals surface area contributed by atoms with Gasteiger partial charge < -0.3 is 10.2 Å². The number of unbranched alkanes of at least 4 members (excludes halogenated alkanes) is 1. The van der Waals surface area contributed by atoms with E-state index in [1.54, 1.807) is 6.20 Å². The van der Waals surface area contributed by atoms with Crippen molar-refractivity contribution in [3.63, 3.8) is 0 Å². The summed E-state index contributed by atoms with van der Waals surface area (Å²) in [6, 6.07) is 0.556. The Hall–Kier alpha value is -0.880. The van der Waals surface area contributed by atoms with Crippen LogP contribution in [0.2, 0.25) is 0 Å². The van der Waals surface area contributed by atoms with E-state index in [2.05, 4.69) is 59.1 Å². The molecule has 1 heterocycles. The maximum Gasteiger partial charge on any atom is 0.283 e. The van der Waals surface area contributed by atoms with Crippen LogP contribution in [0.5, 0.6) is 0 Å². The minimum atomic E-state index is -0.0623. The highest BCUT2D eigenvalue weighted by molar-refractivity contribution is 9.10. The molecule has 0 bridgehead atoms. The first-order chi connectivity index (χ1) is 9.97. The first-order valence-corrected chi connectivity index (χ1v) is 8.46. The molecule has 0 unspecified atom stereocenters. The molecule has 120 valence electrons. The lowest BCUT2D eigenvalue weighted by Gasteiger charge is -2.21. The molecule has 0 aromatic carbocycles. The lowest BCUT2D eigenvalue weighted by Crippen LogP contribution is -2.28. The first kappa shape index (κ1) is 18.2. The zero-order valence-corrected chi connectivity index (χ0v) is 15.1. The van der Waals surface area contributed by atoms with Crippen LogP contribution < -0.4 is 10.9 Å². The number of nitrogens with one attached hydrogen (secondary N) is 1. The molecule has 1 rings (SSSR count). The molecule has 0 saturated heterocycles. The molecule has 21 heavy (non-hydrogen) atoms. The minimum Gasteiger partial charge on any atom is -0.383 e. The number of halogens is 1. The normalized spacial score (nSPS) is 11.4. The Morgan fingerprint density at radius 1 is 1.43 bits per heavy atom. The Balaban J connectivity index is 2.53. The smallest absolute Gasteiger partial charge is 0.283 e. The summed E-state index contributed by atoms with van der Waals surface area (Å²) in [5, 5.41) is 7.50. The number of nitrogens with zero attached hydrogens (tertiary/aromatic N) is 3. The molecule has 5 nitrogen and oxygen atoms in total. The van der Waals surface area contributed by atoms with Crippen LogP contribution in [0.15, 0.2) is 15.5 Å². The van der Waals surface area contributed by atoms with E-state index in [-0.39, 0.29) is 5.56 Å². The van der Waals surface area contributed by atoms with E-state index in [9.17, 15) is 4.79 Å². The van der Waals surface area contributed by atoms with Crippen molar-refractivity contribution in [2.45, 2.75) is 52.6 Å². The molecule has 0 fully saturated rings. The predicted octanol–water partition coefficient (Wildman–Crippen LogP) is 2.95. The fourth-order valence-corrected chi connectivity index (χ4v) is 2.31. The molecule has 6 heteroatoms. The van der Waals surface area contributed by atoms with Crippen molar-refractivity contribution >= 4 is 21.6 Å². The second-order valence-corrected chi connectivity index (χ2v) is 6.40. The number of rotatable bonds is 9. The maximum absolute atomic E-state index is 12.1. The number of anilines is 1. The molecule has 1 aromatic rings. The third kappa shape index (κ3) is 5.79. The van der Waals surface area contributed by atoms with Crippen LogP contribution in [0.1, 0.15) is 40.0 Å². The average molecular weight is 359 g/mol. The van der Waals surface area contributed by atoms with Crippen LogP contribution in [0, 0.1) is 0 Å². The van der Waals surface area contributed by atoms with E-state index in [1.807, 2.05) is 0 Å². The van der Waals surface area contributed by atoms with Crippen LogP contribution in [-0.4, -0.2) is 40.9 Å². The standard InChI is InChI=1S/C15H27BrN4O/c1-5-6-10-20-15(21)14(16)13(11-18-20)17-8-7-9-19(4)12(2)3/h11-12,17H,5-10H2,1-4H3. The molecule has 0 aliphatic heterocycles. The summed E-state index contributed by atoms with van der Waals surface area (Å²) in [4.78, 5) is 14.4. The highest BCUT2D eigenvalue weighted by Crippen LogP contribution is 2.16. The van der Waals surface area contributed by atoms with Crippen LogP contribution in [0.4, 0.5) is 5.69 Å². The summed E-state index contributed by atoms with van der Waals surface area (Å²) in [6.45, 7) is 9.00. The van der Waals surface area contributed by atoms with Gasteiger partial charge in [-0.05, 0) is 56.2 Å². The van der Waals surface area contributed by atoms with Crippen molar-refractivity contribution in [3.05, 3.63) is 21.0 Å². The van der Waals surface area contributed by atoms with Gasteiger partial charge in [-0.1, -0.05) is 13.3 Å². The largest absolute Gasteiger partial charge is 0.383 e. The Morgan fingerprint density at radius 2 is 2.14 bits per heavy atom. The third-order valence-corrected chi connectivity index (χ3v) is 4.36. The number of hydrogen-bond donors (Lipinski definition) is 1. The predicted molar refractivity (Wildman–Crippen MR) is 92.0 cm³/mol. The van der Waals surface area contributed by atoms with Gasteiger partial charge in [0.05, 0.1) is 11.9 Å². The second kappa shape index (κ2) is 9.20. The van der Waals surface area contributed by atoms with Crippen molar-refractivity contribution in [2.75, 3.05) is 25.5 Å². The summed E-state index contributed by atoms with van der Waals surface area (Å²) in [5.74, 6) is 0. The van der Waals surface area contributed by atoms with Crippen molar-refractivity contribution in [3.8, 4) is 0 Å². The van der Waals surface area contributed by atoms with Gasteiger partial charge in [-0.3, -0.25) is 4.79 Å². The Labute approximate surface area is 135 Å². The van der Waals surface area contributed by atoms with Crippen molar-refractivity contribution in [2.24, 2.45) is 0 Å². The van der Waals surface area contributed by atoms with Gasteiger partial charge >= 0.3 is 0 Å². The number of hydrogen-bond acceptors (Lipinski definition) is 4. The van der Waals surface area contributed by atoms with Crippen molar-refractivity contribution in [1.82, 2.24) is 14.7 Å². The molecular weight excluding hydrogens is 332 g/mol. The van der Waals surface area contributed by atoms with Gasteiger partial charge in [-0.15, -0.1) is 0 Å². The van der Waals surface area contributed by atoms with E-state index in [1.165, 1.54) is 4.68 Å². The molecular formula is C15H27BrN4O. The quantitative estimate of drug-likeness (QED) is 0.689. The summed E-state index contributed by atoms with van der Waals surface area (Å²) in [6.07, 6.45) is 4.77. The topological polar surface area (TPSA) is 50.2 Å². The highest BCUT2D eigenvalue weighted by Gasteiger charge is 2.08. The van der Waals surface area contributed by atoms with Gasteiger partial charge in [0.15, 0.2) is 0 Å². The van der Waals surface area contributed by atoms with Crippen molar-refractivity contribution in [1.29, 1.82) is 0 Å². The molecule has 1 aromatic heterocycles. The van der Waals surface area contributed by atoms with Crippen LogP contribution in [0.25, 0.3) is 0 Å². The number of aryl methyl sites for hydroxylation is 1. The zero-order valence-electron chi connectivity index (χ0n) is 13.5. The van der Waals surface area contributed by atoms with E-state index in [0.29, 0.717) is 17.1 Å². The Morgan fingerprint density at radius 3 is 2.76 bits per heavy atom. The van der Waals surface area contributed by atoms with E-state index >= 15 is 0 Å². The molecule has 0 saturated carbocycles. The van der Waals surface area contributed by atoms with Gasteiger partial charge in [0, 0.05) is 19.1 Å². The van der Waals surface area contributed by atoms with Gasteiger partial charge in [-0.2, -0.15) is 5.10 Å². The van der Waals surface area contributed by atoms with Crippen LogP contribution in [-0.2, 0) is 6.54 Å². The number of aromatic nitrogens is 2. The summed E-state index contributed by atoms with van der Waals surface area (Å²) < 4.78 is 2.09. The van der Waals surface area contributed by atoms with Gasteiger partial charge in [-0.25, -0.2) is 4.68 Å². The van der Waals surface area contributed by atoms with Crippen LogP contribution in [0.3, 0.4) is 0 Å². The fraction of sp³-hybridized carbons (Fsp3) is 0.733. The van der Waals surface area contributed by atoms with Gasteiger partial charge in [0.1, 0.15) is 4.47 Å². The van der Waals surface area contributed by atoms with Gasteiger partial charge in [0.2, 0.25) is 0 Å². The fourth-order valence-electron chi connectivity index (χ4n) is 1.87. The Kier molecular flexibility index (Phi) is 7.96. The molecule has 0 aliphatic carbocycles. The SMILES string of the molecule is CCCCn1ncc(NCCCN(C)C(C)C)c(Br)c1=O. The lowest BCUT2D eigenvalue weighted by molar-refractivity contribution is 0.273. The average Bonchev–Trinajstić information content (AvgIpc) is 2.46. The molecule has 0 spiro atoms.